The van der Waals surface area contributed by atoms with Gasteiger partial charge in [-0.05, 0) is 42.7 Å². The Balaban J connectivity index is 1.57. The van der Waals surface area contributed by atoms with Crippen molar-refractivity contribution >= 4 is 0 Å². The summed E-state index contributed by atoms with van der Waals surface area (Å²) in [7, 11) is 0. The fourth-order valence-corrected chi connectivity index (χ4v) is 2.60. The predicted octanol–water partition coefficient (Wildman–Crippen LogP) is 4.72. The van der Waals surface area contributed by atoms with Gasteiger partial charge in [-0.1, -0.05) is 31.4 Å². The maximum absolute atomic E-state index is 13.3. The Morgan fingerprint density at radius 3 is 2.63 bits per heavy atom. The molecule has 1 aliphatic heterocycles. The number of halogens is 2. The van der Waals surface area contributed by atoms with Crippen LogP contribution >= 0.6 is 0 Å². The van der Waals surface area contributed by atoms with Crippen LogP contribution in [0.15, 0.2) is 48.7 Å². The molecule has 0 saturated carbocycles. The summed E-state index contributed by atoms with van der Waals surface area (Å²) in [4.78, 5) is 4.25. The van der Waals surface area contributed by atoms with Crippen molar-refractivity contribution in [3.8, 4) is 23.1 Å². The van der Waals surface area contributed by atoms with Crippen molar-refractivity contribution in [2.75, 3.05) is 13.2 Å². The van der Waals surface area contributed by atoms with Crippen LogP contribution in [-0.4, -0.2) is 24.5 Å². The summed E-state index contributed by atoms with van der Waals surface area (Å²) in [5.74, 6) is 4.40. The molecular formula is C22H21F2NO2. The highest BCUT2D eigenvalue weighted by Gasteiger charge is 2.18. The molecule has 0 aliphatic carbocycles. The van der Waals surface area contributed by atoms with Gasteiger partial charge in [0.1, 0.15) is 0 Å². The van der Waals surface area contributed by atoms with E-state index in [0.717, 1.165) is 25.0 Å². The molecule has 0 atom stereocenters. The van der Waals surface area contributed by atoms with Crippen molar-refractivity contribution < 1.29 is 18.3 Å². The normalized spacial score (nSPS) is 19.7. The molecule has 3 nitrogen and oxygen atoms in total. The molecule has 0 radical (unpaired) electrons. The first kappa shape index (κ1) is 19.2. The Labute approximate surface area is 158 Å². The number of pyridine rings is 1. The third-order valence-corrected chi connectivity index (χ3v) is 4.10. The van der Waals surface area contributed by atoms with Crippen molar-refractivity contribution in [3.63, 3.8) is 0 Å². The first-order valence-electron chi connectivity index (χ1n) is 8.98. The summed E-state index contributed by atoms with van der Waals surface area (Å²) in [6.45, 7) is 3.32. The Morgan fingerprint density at radius 2 is 1.96 bits per heavy atom. The maximum atomic E-state index is 13.3. The van der Waals surface area contributed by atoms with Crippen LogP contribution in [0.2, 0.25) is 0 Å². The van der Waals surface area contributed by atoms with E-state index in [4.69, 9.17) is 9.47 Å². The van der Waals surface area contributed by atoms with Gasteiger partial charge in [-0.25, -0.2) is 8.78 Å². The predicted molar refractivity (Wildman–Crippen MR) is 99.7 cm³/mol. The monoisotopic (exact) mass is 369 g/mol. The van der Waals surface area contributed by atoms with Gasteiger partial charge in [0.05, 0.1) is 18.9 Å². The minimum atomic E-state index is -0.896. The van der Waals surface area contributed by atoms with Crippen LogP contribution in [0.3, 0.4) is 0 Å². The van der Waals surface area contributed by atoms with Crippen molar-refractivity contribution in [2.45, 2.75) is 26.1 Å². The minimum absolute atomic E-state index is 0.270. The summed E-state index contributed by atoms with van der Waals surface area (Å²) in [5.41, 5.74) is 1.75. The average molecular weight is 369 g/mol. The van der Waals surface area contributed by atoms with Crippen LogP contribution in [0.4, 0.5) is 8.78 Å². The van der Waals surface area contributed by atoms with Gasteiger partial charge in [0.25, 0.3) is 0 Å². The fourth-order valence-electron chi connectivity index (χ4n) is 2.60. The Hall–Kier alpha value is -2.55. The molecule has 2 aromatic rings. The van der Waals surface area contributed by atoms with Gasteiger partial charge < -0.3 is 9.47 Å². The maximum Gasteiger partial charge on any atom is 0.222 e. The molecule has 27 heavy (non-hydrogen) atoms. The van der Waals surface area contributed by atoms with Gasteiger partial charge in [0, 0.05) is 23.2 Å². The summed E-state index contributed by atoms with van der Waals surface area (Å²) in [6, 6.07) is 7.19. The fraction of sp³-hybridized carbons (Fsp3) is 0.318. The zero-order valence-corrected chi connectivity index (χ0v) is 15.1. The SMILES string of the molecule is CCCC=C[C@H]1CO[C@H](C#Cc2ccc(-c3ccc(F)c(F)c3)nc2)OC1. The summed E-state index contributed by atoms with van der Waals surface area (Å²) < 4.78 is 37.6. The molecule has 1 aliphatic rings. The summed E-state index contributed by atoms with van der Waals surface area (Å²) in [5, 5.41) is 0. The molecule has 1 aromatic carbocycles. The number of unbranched alkanes of at least 4 members (excludes halogenated alkanes) is 1. The molecule has 0 N–H and O–H groups in total. The number of aromatic nitrogens is 1. The number of allylic oxidation sites excluding steroid dienone is 1. The molecule has 1 saturated heterocycles. The third kappa shape index (κ3) is 5.46. The van der Waals surface area contributed by atoms with Crippen LogP contribution in [0.5, 0.6) is 0 Å². The van der Waals surface area contributed by atoms with Crippen molar-refractivity contribution in [1.82, 2.24) is 4.98 Å². The Bertz CT molecular complexity index is 845. The smallest absolute Gasteiger partial charge is 0.222 e. The van der Waals surface area contributed by atoms with Crippen LogP contribution in [0.25, 0.3) is 11.3 Å². The zero-order chi connectivity index (χ0) is 19.1. The molecule has 0 unspecified atom stereocenters. The van der Waals surface area contributed by atoms with Gasteiger partial charge in [0.15, 0.2) is 11.6 Å². The second-order valence-corrected chi connectivity index (χ2v) is 6.31. The van der Waals surface area contributed by atoms with E-state index in [1.54, 1.807) is 18.3 Å². The highest BCUT2D eigenvalue weighted by Crippen LogP contribution is 2.19. The Morgan fingerprint density at radius 1 is 1.15 bits per heavy atom. The molecule has 0 amide bonds. The van der Waals surface area contributed by atoms with E-state index in [-0.39, 0.29) is 5.92 Å². The van der Waals surface area contributed by atoms with E-state index >= 15 is 0 Å². The Kier molecular flexibility index (Phi) is 6.69. The number of rotatable bonds is 4. The van der Waals surface area contributed by atoms with E-state index in [0.29, 0.717) is 30.0 Å². The number of benzene rings is 1. The lowest BCUT2D eigenvalue weighted by Crippen LogP contribution is -2.30. The van der Waals surface area contributed by atoms with E-state index in [2.05, 4.69) is 35.9 Å². The van der Waals surface area contributed by atoms with Crippen LogP contribution < -0.4 is 0 Å². The zero-order valence-electron chi connectivity index (χ0n) is 15.1. The lowest BCUT2D eigenvalue weighted by atomic mass is 10.1. The van der Waals surface area contributed by atoms with Gasteiger partial charge in [-0.15, -0.1) is 0 Å². The van der Waals surface area contributed by atoms with Gasteiger partial charge in [0.2, 0.25) is 6.29 Å². The quantitative estimate of drug-likeness (QED) is 0.577. The van der Waals surface area contributed by atoms with Gasteiger partial charge >= 0.3 is 0 Å². The second-order valence-electron chi connectivity index (χ2n) is 6.31. The molecule has 3 rings (SSSR count). The molecular weight excluding hydrogens is 348 g/mol. The minimum Gasteiger partial charge on any atom is -0.341 e. The first-order chi connectivity index (χ1) is 13.2. The molecule has 140 valence electrons. The van der Waals surface area contributed by atoms with Crippen LogP contribution in [0.1, 0.15) is 25.3 Å². The largest absolute Gasteiger partial charge is 0.341 e. The molecule has 2 heterocycles. The lowest BCUT2D eigenvalue weighted by Gasteiger charge is -2.24. The third-order valence-electron chi connectivity index (χ3n) is 4.10. The molecule has 1 aromatic heterocycles. The van der Waals surface area contributed by atoms with Crippen LogP contribution in [0, 0.1) is 29.4 Å². The molecule has 1 fully saturated rings. The van der Waals surface area contributed by atoms with Crippen molar-refractivity contribution in [3.05, 3.63) is 65.9 Å². The molecule has 0 bridgehead atoms. The number of nitrogens with zero attached hydrogens (tertiary/aromatic N) is 1. The number of hydrogen-bond acceptors (Lipinski definition) is 3. The van der Waals surface area contributed by atoms with Crippen molar-refractivity contribution in [2.24, 2.45) is 5.92 Å². The number of ether oxygens (including phenoxy) is 2. The number of hydrogen-bond donors (Lipinski definition) is 0. The highest BCUT2D eigenvalue weighted by atomic mass is 19.2. The van der Waals surface area contributed by atoms with E-state index in [1.165, 1.54) is 6.07 Å². The second kappa shape index (κ2) is 9.40. The van der Waals surface area contributed by atoms with E-state index in [9.17, 15) is 8.78 Å². The standard InChI is InChI=1S/C22H21F2NO2/c1-2-3-4-5-17-14-26-22(27-15-17)11-7-16-6-10-21(25-13-16)18-8-9-19(23)20(24)12-18/h4-6,8-10,12-13,17,22H,2-3,14-15H2,1H3/t17-,22-. The molecule has 5 heteroatoms. The lowest BCUT2D eigenvalue weighted by molar-refractivity contribution is -0.160. The van der Waals surface area contributed by atoms with Crippen molar-refractivity contribution in [1.29, 1.82) is 0 Å². The van der Waals surface area contributed by atoms with Gasteiger partial charge in [-0.2, -0.15) is 0 Å². The first-order valence-corrected chi connectivity index (χ1v) is 8.98. The topological polar surface area (TPSA) is 31.4 Å². The average Bonchev–Trinajstić information content (AvgIpc) is 2.70. The van der Waals surface area contributed by atoms with E-state index < -0.39 is 17.9 Å². The van der Waals surface area contributed by atoms with E-state index in [1.807, 2.05) is 0 Å². The van der Waals surface area contributed by atoms with Crippen LogP contribution in [-0.2, 0) is 9.47 Å². The van der Waals surface area contributed by atoms with Gasteiger partial charge in [-0.3, -0.25) is 4.98 Å². The summed E-state index contributed by atoms with van der Waals surface area (Å²) in [6.07, 6.45) is 7.52. The summed E-state index contributed by atoms with van der Waals surface area (Å²) >= 11 is 0. The highest BCUT2D eigenvalue weighted by molar-refractivity contribution is 5.59. The molecule has 0 spiro atoms.